The minimum Gasteiger partial charge on any atom is -0.481 e. The number of likely N-dealkylation sites (tertiary alicyclic amines) is 1. The standard InChI is InChI=1S/C18H25NO4/c1-2-14-8-9-16(23-14)15-7-4-10-19(15)17(20)12-5-3-6-13(11-12)18(21)22/h8-9,12-13,15H,2-7,10-11H2,1H3,(H,21,22). The van der Waals surface area contributed by atoms with Gasteiger partial charge in [0.25, 0.3) is 0 Å². The summed E-state index contributed by atoms with van der Waals surface area (Å²) in [5.41, 5.74) is 0. The Morgan fingerprint density at radius 2 is 2.00 bits per heavy atom. The number of carboxylic acid groups (broad SMARTS) is 1. The van der Waals surface area contributed by atoms with Crippen LogP contribution < -0.4 is 0 Å². The van der Waals surface area contributed by atoms with E-state index in [0.717, 1.165) is 50.2 Å². The van der Waals surface area contributed by atoms with E-state index in [9.17, 15) is 14.7 Å². The summed E-state index contributed by atoms with van der Waals surface area (Å²) in [7, 11) is 0. The van der Waals surface area contributed by atoms with Gasteiger partial charge in [-0.15, -0.1) is 0 Å². The Hall–Kier alpha value is -1.78. The molecular weight excluding hydrogens is 294 g/mol. The average molecular weight is 319 g/mol. The molecule has 23 heavy (non-hydrogen) atoms. The van der Waals surface area contributed by atoms with E-state index in [1.807, 2.05) is 24.0 Å². The maximum atomic E-state index is 12.9. The van der Waals surface area contributed by atoms with Crippen LogP contribution in [0.4, 0.5) is 0 Å². The number of rotatable bonds is 4. The molecule has 2 heterocycles. The monoisotopic (exact) mass is 319 g/mol. The lowest BCUT2D eigenvalue weighted by atomic mass is 9.80. The molecule has 0 radical (unpaired) electrons. The first-order valence-electron chi connectivity index (χ1n) is 8.72. The van der Waals surface area contributed by atoms with E-state index in [0.29, 0.717) is 12.8 Å². The van der Waals surface area contributed by atoms with Gasteiger partial charge in [-0.05, 0) is 44.2 Å². The van der Waals surface area contributed by atoms with Crippen molar-refractivity contribution in [3.05, 3.63) is 23.7 Å². The van der Waals surface area contributed by atoms with Gasteiger partial charge in [0.15, 0.2) is 0 Å². The zero-order chi connectivity index (χ0) is 16.4. The number of aliphatic carboxylic acids is 1. The SMILES string of the molecule is CCc1ccc(C2CCCN2C(=O)C2CCCC(C(=O)O)C2)o1. The molecule has 2 fully saturated rings. The lowest BCUT2D eigenvalue weighted by molar-refractivity contribution is -0.145. The van der Waals surface area contributed by atoms with E-state index in [1.165, 1.54) is 0 Å². The van der Waals surface area contributed by atoms with Crippen LogP contribution in [0.15, 0.2) is 16.5 Å². The summed E-state index contributed by atoms with van der Waals surface area (Å²) in [5.74, 6) is 0.660. The number of carbonyl (C=O) groups is 2. The second-order valence-corrected chi connectivity index (χ2v) is 6.75. The lowest BCUT2D eigenvalue weighted by Gasteiger charge is -2.31. The van der Waals surface area contributed by atoms with Gasteiger partial charge in [0.05, 0.1) is 12.0 Å². The Balaban J connectivity index is 1.71. The third-order valence-corrected chi connectivity index (χ3v) is 5.27. The summed E-state index contributed by atoms with van der Waals surface area (Å²) in [4.78, 5) is 26.1. The van der Waals surface area contributed by atoms with Gasteiger partial charge in [0, 0.05) is 18.9 Å². The number of nitrogens with zero attached hydrogens (tertiary/aromatic N) is 1. The molecule has 3 rings (SSSR count). The normalized spacial score (nSPS) is 28.0. The summed E-state index contributed by atoms with van der Waals surface area (Å²) < 4.78 is 5.86. The van der Waals surface area contributed by atoms with Crippen LogP contribution >= 0.6 is 0 Å². The Bertz CT molecular complexity index is 579. The van der Waals surface area contributed by atoms with Gasteiger partial charge in [-0.2, -0.15) is 0 Å². The first kappa shape index (κ1) is 16.1. The third kappa shape index (κ3) is 3.28. The quantitative estimate of drug-likeness (QED) is 0.923. The van der Waals surface area contributed by atoms with Crippen LogP contribution in [-0.4, -0.2) is 28.4 Å². The van der Waals surface area contributed by atoms with Gasteiger partial charge < -0.3 is 14.4 Å². The lowest BCUT2D eigenvalue weighted by Crippen LogP contribution is -2.38. The molecule has 1 amide bonds. The zero-order valence-corrected chi connectivity index (χ0v) is 13.7. The minimum absolute atomic E-state index is 0.0213. The van der Waals surface area contributed by atoms with E-state index >= 15 is 0 Å². The van der Waals surface area contributed by atoms with Crippen molar-refractivity contribution in [1.29, 1.82) is 0 Å². The molecule has 5 heteroatoms. The molecule has 1 aliphatic carbocycles. The van der Waals surface area contributed by atoms with Crippen molar-refractivity contribution in [2.75, 3.05) is 6.54 Å². The van der Waals surface area contributed by atoms with Crippen LogP contribution in [0.1, 0.15) is 63.0 Å². The van der Waals surface area contributed by atoms with E-state index in [1.54, 1.807) is 0 Å². The van der Waals surface area contributed by atoms with Crippen molar-refractivity contribution in [2.24, 2.45) is 11.8 Å². The van der Waals surface area contributed by atoms with Gasteiger partial charge in [0.1, 0.15) is 11.5 Å². The van der Waals surface area contributed by atoms with E-state index < -0.39 is 5.97 Å². The van der Waals surface area contributed by atoms with Crippen LogP contribution in [0.2, 0.25) is 0 Å². The number of amides is 1. The molecule has 3 atom stereocenters. The number of furan rings is 1. The topological polar surface area (TPSA) is 70.8 Å². The van der Waals surface area contributed by atoms with Crippen LogP contribution in [0.5, 0.6) is 0 Å². The molecule has 1 N–H and O–H groups in total. The Morgan fingerprint density at radius 1 is 1.22 bits per heavy atom. The highest BCUT2D eigenvalue weighted by atomic mass is 16.4. The Morgan fingerprint density at radius 3 is 2.70 bits per heavy atom. The molecule has 126 valence electrons. The highest BCUT2D eigenvalue weighted by Gasteiger charge is 2.38. The first-order chi connectivity index (χ1) is 11.1. The first-order valence-corrected chi connectivity index (χ1v) is 8.72. The fourth-order valence-corrected chi connectivity index (χ4v) is 3.96. The summed E-state index contributed by atoms with van der Waals surface area (Å²) >= 11 is 0. The van der Waals surface area contributed by atoms with Crippen LogP contribution in [-0.2, 0) is 16.0 Å². The second kappa shape index (κ2) is 6.77. The molecule has 1 aromatic rings. The maximum absolute atomic E-state index is 12.9. The fourth-order valence-electron chi connectivity index (χ4n) is 3.96. The largest absolute Gasteiger partial charge is 0.481 e. The molecule has 0 aromatic carbocycles. The fraction of sp³-hybridized carbons (Fsp3) is 0.667. The van der Waals surface area contributed by atoms with Gasteiger partial charge in [0.2, 0.25) is 5.91 Å². The molecule has 0 bridgehead atoms. The number of carboxylic acids is 1. The van der Waals surface area contributed by atoms with Crippen molar-refractivity contribution in [3.8, 4) is 0 Å². The molecule has 2 aliphatic rings. The van der Waals surface area contributed by atoms with Crippen molar-refractivity contribution < 1.29 is 19.1 Å². The Labute approximate surface area is 136 Å². The van der Waals surface area contributed by atoms with Crippen LogP contribution in [0.3, 0.4) is 0 Å². The zero-order valence-electron chi connectivity index (χ0n) is 13.7. The molecule has 0 spiro atoms. The molecule has 1 aromatic heterocycles. The van der Waals surface area contributed by atoms with Crippen LogP contribution in [0, 0.1) is 11.8 Å². The molecular formula is C18H25NO4. The third-order valence-electron chi connectivity index (χ3n) is 5.27. The molecule has 1 aliphatic heterocycles. The summed E-state index contributed by atoms with van der Waals surface area (Å²) in [6, 6.07) is 3.99. The summed E-state index contributed by atoms with van der Waals surface area (Å²) in [5, 5.41) is 9.22. The van der Waals surface area contributed by atoms with Gasteiger partial charge in [-0.3, -0.25) is 9.59 Å². The summed E-state index contributed by atoms with van der Waals surface area (Å²) in [6.45, 7) is 2.80. The Kier molecular flexibility index (Phi) is 4.74. The van der Waals surface area contributed by atoms with E-state index in [-0.39, 0.29) is 23.8 Å². The van der Waals surface area contributed by atoms with Crippen molar-refractivity contribution >= 4 is 11.9 Å². The molecule has 5 nitrogen and oxygen atoms in total. The smallest absolute Gasteiger partial charge is 0.306 e. The number of carbonyl (C=O) groups excluding carboxylic acids is 1. The molecule has 3 unspecified atom stereocenters. The molecule has 1 saturated carbocycles. The predicted molar refractivity (Wildman–Crippen MR) is 84.9 cm³/mol. The summed E-state index contributed by atoms with van der Waals surface area (Å²) in [6.07, 6.45) is 5.57. The van der Waals surface area contributed by atoms with Crippen molar-refractivity contribution in [2.45, 2.75) is 57.9 Å². The maximum Gasteiger partial charge on any atom is 0.306 e. The molecule has 1 saturated heterocycles. The second-order valence-electron chi connectivity index (χ2n) is 6.75. The highest BCUT2D eigenvalue weighted by molar-refractivity contribution is 5.81. The van der Waals surface area contributed by atoms with Crippen molar-refractivity contribution in [3.63, 3.8) is 0 Å². The van der Waals surface area contributed by atoms with Gasteiger partial charge in [-0.25, -0.2) is 0 Å². The number of aryl methyl sites for hydroxylation is 1. The van der Waals surface area contributed by atoms with Crippen molar-refractivity contribution in [1.82, 2.24) is 4.90 Å². The van der Waals surface area contributed by atoms with E-state index in [2.05, 4.69) is 0 Å². The predicted octanol–water partition coefficient (Wildman–Crippen LogP) is 3.40. The van der Waals surface area contributed by atoms with Gasteiger partial charge in [-0.1, -0.05) is 13.3 Å². The van der Waals surface area contributed by atoms with Crippen LogP contribution in [0.25, 0.3) is 0 Å². The number of hydrogen-bond acceptors (Lipinski definition) is 3. The number of hydrogen-bond donors (Lipinski definition) is 1. The van der Waals surface area contributed by atoms with E-state index in [4.69, 9.17) is 4.42 Å². The highest BCUT2D eigenvalue weighted by Crippen LogP contribution is 2.37. The average Bonchev–Trinajstić information content (AvgIpc) is 3.22. The van der Waals surface area contributed by atoms with Gasteiger partial charge >= 0.3 is 5.97 Å². The minimum atomic E-state index is -0.765.